The largest absolute Gasteiger partial charge is 0.396 e. The van der Waals surface area contributed by atoms with E-state index in [1.807, 2.05) is 11.3 Å². The summed E-state index contributed by atoms with van der Waals surface area (Å²) >= 11 is 1.96. The zero-order valence-corrected chi connectivity index (χ0v) is 17.0. The highest BCUT2D eigenvalue weighted by Gasteiger charge is 2.29. The minimum Gasteiger partial charge on any atom is -0.396 e. The number of fused-ring (bicyclic) bond motifs is 1. The molecule has 2 heterocycles. The van der Waals surface area contributed by atoms with Crippen LogP contribution in [0.2, 0.25) is 0 Å². The van der Waals surface area contributed by atoms with Crippen molar-refractivity contribution in [3.63, 3.8) is 0 Å². The molecule has 1 atom stereocenters. The number of aliphatic hydroxyl groups excluding tert-OH is 1. The van der Waals surface area contributed by atoms with Crippen molar-refractivity contribution >= 4 is 11.3 Å². The van der Waals surface area contributed by atoms with Crippen molar-refractivity contribution in [2.45, 2.75) is 76.8 Å². The number of thiazole rings is 1. The molecule has 146 valence electrons. The van der Waals surface area contributed by atoms with Gasteiger partial charge in [-0.15, -0.1) is 11.3 Å². The molecule has 1 aromatic heterocycles. The summed E-state index contributed by atoms with van der Waals surface area (Å²) < 4.78 is 0. The Hall–Kier alpha value is -0.490. The van der Waals surface area contributed by atoms with Crippen molar-refractivity contribution in [3.05, 3.63) is 15.6 Å². The lowest BCUT2D eigenvalue weighted by atomic mass is 9.88. The third kappa shape index (κ3) is 4.67. The number of rotatable bonds is 6. The summed E-state index contributed by atoms with van der Waals surface area (Å²) in [4.78, 5) is 11.8. The fourth-order valence-corrected chi connectivity index (χ4v) is 6.33. The first-order valence-corrected chi connectivity index (χ1v) is 11.7. The van der Waals surface area contributed by atoms with Gasteiger partial charge in [0.15, 0.2) is 0 Å². The number of aromatic nitrogens is 1. The van der Waals surface area contributed by atoms with Gasteiger partial charge in [0.05, 0.1) is 12.2 Å². The minimum absolute atomic E-state index is 0.311. The summed E-state index contributed by atoms with van der Waals surface area (Å²) in [7, 11) is 0. The zero-order valence-electron chi connectivity index (χ0n) is 16.2. The number of hydrogen-bond acceptors (Lipinski definition) is 5. The maximum absolute atomic E-state index is 9.57. The highest BCUT2D eigenvalue weighted by Crippen LogP contribution is 2.29. The molecular weight excluding hydrogens is 342 g/mol. The molecule has 0 amide bonds. The quantitative estimate of drug-likeness (QED) is 0.824. The van der Waals surface area contributed by atoms with E-state index in [-0.39, 0.29) is 0 Å². The van der Waals surface area contributed by atoms with Crippen LogP contribution in [-0.4, -0.2) is 58.7 Å². The first-order valence-electron chi connectivity index (χ1n) is 10.9. The molecule has 1 unspecified atom stereocenters. The SMILES string of the molecule is OCCC1CN(Cc2nc3c(s2)CCCC3)CCN1CC1CCCCC1. The Morgan fingerprint density at radius 2 is 1.88 bits per heavy atom. The van der Waals surface area contributed by atoms with Gasteiger partial charge in [0.1, 0.15) is 5.01 Å². The van der Waals surface area contributed by atoms with Gasteiger partial charge in [-0.2, -0.15) is 0 Å². The fourth-order valence-electron chi connectivity index (χ4n) is 5.13. The number of aliphatic hydroxyl groups is 1. The smallest absolute Gasteiger partial charge is 0.107 e. The summed E-state index contributed by atoms with van der Waals surface area (Å²) in [5, 5.41) is 10.9. The first-order chi connectivity index (χ1) is 12.8. The molecule has 1 N–H and O–H groups in total. The third-order valence-corrected chi connectivity index (χ3v) is 7.76. The van der Waals surface area contributed by atoms with Gasteiger partial charge in [0, 0.05) is 43.7 Å². The number of piperazine rings is 1. The maximum atomic E-state index is 9.57. The standard InChI is InChI=1S/C21H35N3OS/c25-13-10-18-15-23(11-12-24(18)14-17-6-2-1-3-7-17)16-21-22-19-8-4-5-9-20(19)26-21/h17-18,25H,1-16H2. The lowest BCUT2D eigenvalue weighted by Gasteiger charge is -2.43. The molecule has 1 saturated heterocycles. The molecule has 26 heavy (non-hydrogen) atoms. The number of hydrogen-bond donors (Lipinski definition) is 1. The second-order valence-electron chi connectivity index (χ2n) is 8.58. The summed E-state index contributed by atoms with van der Waals surface area (Å²) in [6.45, 7) is 5.98. The Bertz CT molecular complexity index is 546. The topological polar surface area (TPSA) is 39.6 Å². The van der Waals surface area contributed by atoms with Gasteiger partial charge < -0.3 is 5.11 Å². The van der Waals surface area contributed by atoms with Crippen molar-refractivity contribution in [2.75, 3.05) is 32.8 Å². The van der Waals surface area contributed by atoms with Gasteiger partial charge in [-0.3, -0.25) is 9.80 Å². The Balaban J connectivity index is 1.33. The van der Waals surface area contributed by atoms with Crippen LogP contribution >= 0.6 is 11.3 Å². The van der Waals surface area contributed by atoms with Crippen LogP contribution in [0.4, 0.5) is 0 Å². The molecule has 1 aromatic rings. The Kier molecular flexibility index (Phi) is 6.62. The van der Waals surface area contributed by atoms with Crippen LogP contribution < -0.4 is 0 Å². The number of aryl methyl sites for hydroxylation is 2. The van der Waals surface area contributed by atoms with Crippen molar-refractivity contribution in [2.24, 2.45) is 5.92 Å². The normalized spacial score (nSPS) is 26.1. The molecule has 0 aromatic carbocycles. The predicted molar refractivity (Wildman–Crippen MR) is 108 cm³/mol. The van der Waals surface area contributed by atoms with E-state index in [0.29, 0.717) is 12.6 Å². The van der Waals surface area contributed by atoms with Crippen molar-refractivity contribution in [3.8, 4) is 0 Å². The lowest BCUT2D eigenvalue weighted by molar-refractivity contribution is 0.0400. The molecule has 1 saturated carbocycles. The van der Waals surface area contributed by atoms with E-state index in [0.717, 1.165) is 38.5 Å². The van der Waals surface area contributed by atoms with Crippen molar-refractivity contribution < 1.29 is 5.11 Å². The van der Waals surface area contributed by atoms with Crippen LogP contribution in [-0.2, 0) is 19.4 Å². The van der Waals surface area contributed by atoms with Crippen LogP contribution in [0.15, 0.2) is 0 Å². The predicted octanol–water partition coefficient (Wildman–Crippen LogP) is 3.47. The highest BCUT2D eigenvalue weighted by atomic mass is 32.1. The molecule has 3 aliphatic rings. The van der Waals surface area contributed by atoms with E-state index in [1.165, 1.54) is 75.0 Å². The number of nitrogens with zero attached hydrogens (tertiary/aromatic N) is 3. The molecule has 2 fully saturated rings. The Morgan fingerprint density at radius 1 is 1.04 bits per heavy atom. The molecule has 4 rings (SSSR count). The third-order valence-electron chi connectivity index (χ3n) is 6.62. The van der Waals surface area contributed by atoms with Gasteiger partial charge >= 0.3 is 0 Å². The monoisotopic (exact) mass is 377 g/mol. The molecule has 2 aliphatic carbocycles. The minimum atomic E-state index is 0.311. The van der Waals surface area contributed by atoms with Crippen molar-refractivity contribution in [1.29, 1.82) is 0 Å². The van der Waals surface area contributed by atoms with Gasteiger partial charge in [0.25, 0.3) is 0 Å². The Morgan fingerprint density at radius 3 is 2.69 bits per heavy atom. The summed E-state index contributed by atoms with van der Waals surface area (Å²) in [5.41, 5.74) is 1.39. The molecule has 5 heteroatoms. The average Bonchev–Trinajstić information content (AvgIpc) is 3.07. The van der Waals surface area contributed by atoms with E-state index < -0.39 is 0 Å². The lowest BCUT2D eigenvalue weighted by Crippen LogP contribution is -2.54. The molecular formula is C21H35N3OS. The second kappa shape index (κ2) is 9.13. The van der Waals surface area contributed by atoms with Crippen LogP contribution in [0, 0.1) is 5.92 Å². The van der Waals surface area contributed by atoms with Gasteiger partial charge in [-0.05, 0) is 50.9 Å². The molecule has 0 spiro atoms. The van der Waals surface area contributed by atoms with Crippen LogP contribution in [0.1, 0.15) is 66.9 Å². The summed E-state index contributed by atoms with van der Waals surface area (Å²) in [5.74, 6) is 0.891. The molecule has 0 bridgehead atoms. The van der Waals surface area contributed by atoms with E-state index in [9.17, 15) is 5.11 Å². The van der Waals surface area contributed by atoms with E-state index in [2.05, 4.69) is 9.80 Å². The molecule has 0 radical (unpaired) electrons. The summed E-state index contributed by atoms with van der Waals surface area (Å²) in [6.07, 6.45) is 13.1. The van der Waals surface area contributed by atoms with Gasteiger partial charge in [-0.25, -0.2) is 4.98 Å². The van der Waals surface area contributed by atoms with E-state index >= 15 is 0 Å². The van der Waals surface area contributed by atoms with E-state index in [1.54, 1.807) is 4.88 Å². The Labute approximate surface area is 162 Å². The highest BCUT2D eigenvalue weighted by molar-refractivity contribution is 7.11. The molecule has 1 aliphatic heterocycles. The van der Waals surface area contributed by atoms with E-state index in [4.69, 9.17) is 4.98 Å². The molecule has 4 nitrogen and oxygen atoms in total. The fraction of sp³-hybridized carbons (Fsp3) is 0.857. The van der Waals surface area contributed by atoms with Gasteiger partial charge in [0.2, 0.25) is 0 Å². The second-order valence-corrected chi connectivity index (χ2v) is 9.75. The van der Waals surface area contributed by atoms with Gasteiger partial charge in [-0.1, -0.05) is 19.3 Å². The van der Waals surface area contributed by atoms with Crippen LogP contribution in [0.25, 0.3) is 0 Å². The zero-order chi connectivity index (χ0) is 17.8. The summed E-state index contributed by atoms with van der Waals surface area (Å²) in [6, 6.07) is 0.519. The average molecular weight is 378 g/mol. The van der Waals surface area contributed by atoms with Crippen molar-refractivity contribution in [1.82, 2.24) is 14.8 Å². The van der Waals surface area contributed by atoms with Crippen LogP contribution in [0.5, 0.6) is 0 Å². The van der Waals surface area contributed by atoms with Crippen LogP contribution in [0.3, 0.4) is 0 Å². The maximum Gasteiger partial charge on any atom is 0.107 e. The first kappa shape index (κ1) is 18.9.